The molecule has 1 fully saturated rings. The van der Waals surface area contributed by atoms with Crippen molar-refractivity contribution in [3.05, 3.63) is 82.3 Å². The predicted octanol–water partition coefficient (Wildman–Crippen LogP) is 2.57. The van der Waals surface area contributed by atoms with E-state index in [1.54, 1.807) is 6.07 Å². The number of aromatic amines is 1. The summed E-state index contributed by atoms with van der Waals surface area (Å²) >= 11 is 0. The third-order valence-electron chi connectivity index (χ3n) is 6.57. The Morgan fingerprint density at radius 3 is 2.42 bits per heavy atom. The second kappa shape index (κ2) is 9.21. The van der Waals surface area contributed by atoms with Gasteiger partial charge in [-0.25, -0.2) is 0 Å². The highest BCUT2D eigenvalue weighted by molar-refractivity contribution is 6.07. The molecule has 1 amide bonds. The van der Waals surface area contributed by atoms with Crippen LogP contribution in [0.4, 0.5) is 0 Å². The molecule has 3 heterocycles. The molecule has 0 radical (unpaired) electrons. The molecule has 0 aliphatic carbocycles. The monoisotopic (exact) mass is 443 g/mol. The van der Waals surface area contributed by atoms with E-state index < -0.39 is 0 Å². The highest BCUT2D eigenvalue weighted by Crippen LogP contribution is 2.23. The number of aryl methyl sites for hydroxylation is 1. The standard InChI is InChI=1S/C26H29N5O2/c1-29-23(17-21-24(29)20-9-5-6-10-22(20)28-25(21)32)26(33)27-11-12-30-13-15-31(16-14-30)18-19-7-3-2-4-8-19/h2-10,17H,11-16,18H2,1H3,(H,27,33)(H,28,32). The van der Waals surface area contributed by atoms with Crippen LogP contribution in [0.5, 0.6) is 0 Å². The fraction of sp³-hybridized carbons (Fsp3) is 0.308. The number of hydrogen-bond donors (Lipinski definition) is 2. The quantitative estimate of drug-likeness (QED) is 0.480. The average molecular weight is 444 g/mol. The number of pyridine rings is 1. The number of benzene rings is 2. The number of nitrogens with one attached hydrogen (secondary N) is 2. The number of rotatable bonds is 6. The molecule has 170 valence electrons. The van der Waals surface area contributed by atoms with E-state index in [0.717, 1.165) is 55.7 Å². The lowest BCUT2D eigenvalue weighted by Gasteiger charge is -2.34. The van der Waals surface area contributed by atoms with Crippen LogP contribution in [0, 0.1) is 0 Å². The van der Waals surface area contributed by atoms with Crippen LogP contribution in [0.25, 0.3) is 21.8 Å². The summed E-state index contributed by atoms with van der Waals surface area (Å²) in [6.45, 7) is 6.44. The first-order chi connectivity index (χ1) is 16.1. The molecule has 1 aliphatic rings. The number of aromatic nitrogens is 2. The number of hydrogen-bond acceptors (Lipinski definition) is 4. The summed E-state index contributed by atoms with van der Waals surface area (Å²) in [5, 5.41) is 4.51. The van der Waals surface area contributed by atoms with Crippen molar-refractivity contribution in [2.75, 3.05) is 39.3 Å². The van der Waals surface area contributed by atoms with Gasteiger partial charge >= 0.3 is 0 Å². The summed E-state index contributed by atoms with van der Waals surface area (Å²) in [6, 6.07) is 19.9. The Morgan fingerprint density at radius 1 is 0.939 bits per heavy atom. The average Bonchev–Trinajstić information content (AvgIpc) is 3.19. The maximum absolute atomic E-state index is 12.9. The number of carbonyl (C=O) groups is 1. The molecule has 0 spiro atoms. The zero-order chi connectivity index (χ0) is 22.8. The summed E-state index contributed by atoms with van der Waals surface area (Å²) in [4.78, 5) is 33.2. The molecule has 0 bridgehead atoms. The molecule has 4 aromatic rings. The van der Waals surface area contributed by atoms with E-state index in [-0.39, 0.29) is 11.5 Å². The Bertz CT molecular complexity index is 1330. The smallest absolute Gasteiger partial charge is 0.267 e. The molecule has 2 N–H and O–H groups in total. The fourth-order valence-electron chi connectivity index (χ4n) is 4.74. The van der Waals surface area contributed by atoms with E-state index in [0.29, 0.717) is 17.6 Å². The minimum atomic E-state index is -0.174. The lowest BCUT2D eigenvalue weighted by molar-refractivity contribution is 0.0926. The molecule has 5 rings (SSSR count). The Morgan fingerprint density at radius 2 is 1.64 bits per heavy atom. The van der Waals surface area contributed by atoms with E-state index >= 15 is 0 Å². The minimum absolute atomic E-state index is 0.153. The van der Waals surface area contributed by atoms with Gasteiger partial charge in [-0.3, -0.25) is 19.4 Å². The summed E-state index contributed by atoms with van der Waals surface area (Å²) in [5.74, 6) is -0.153. The van der Waals surface area contributed by atoms with Crippen molar-refractivity contribution in [2.45, 2.75) is 6.54 Å². The number of piperazine rings is 1. The molecule has 0 unspecified atom stereocenters. The molecule has 2 aromatic heterocycles. The Hall–Kier alpha value is -3.42. The van der Waals surface area contributed by atoms with Gasteiger partial charge in [-0.15, -0.1) is 0 Å². The predicted molar refractivity (Wildman–Crippen MR) is 132 cm³/mol. The van der Waals surface area contributed by atoms with Crippen molar-refractivity contribution in [1.29, 1.82) is 0 Å². The first kappa shape index (κ1) is 21.4. The van der Waals surface area contributed by atoms with Crippen LogP contribution in [0.15, 0.2) is 65.5 Å². The normalized spacial score (nSPS) is 15.3. The highest BCUT2D eigenvalue weighted by atomic mass is 16.2. The van der Waals surface area contributed by atoms with Crippen LogP contribution < -0.4 is 10.9 Å². The Kier molecular flexibility index (Phi) is 5.98. The van der Waals surface area contributed by atoms with Gasteiger partial charge in [0, 0.05) is 58.2 Å². The number of carbonyl (C=O) groups excluding carboxylic acids is 1. The second-order valence-corrected chi connectivity index (χ2v) is 8.71. The van der Waals surface area contributed by atoms with Crippen LogP contribution >= 0.6 is 0 Å². The van der Waals surface area contributed by atoms with Gasteiger partial charge in [-0.1, -0.05) is 48.5 Å². The number of H-pyrrole nitrogens is 1. The molecule has 33 heavy (non-hydrogen) atoms. The van der Waals surface area contributed by atoms with E-state index in [4.69, 9.17) is 0 Å². The molecule has 0 atom stereocenters. The van der Waals surface area contributed by atoms with Crippen molar-refractivity contribution in [3.63, 3.8) is 0 Å². The first-order valence-corrected chi connectivity index (χ1v) is 11.5. The summed E-state index contributed by atoms with van der Waals surface area (Å²) in [5.41, 5.74) is 3.23. The largest absolute Gasteiger partial charge is 0.349 e. The number of para-hydroxylation sites is 1. The Labute approximate surface area is 192 Å². The van der Waals surface area contributed by atoms with E-state index in [1.807, 2.05) is 41.9 Å². The van der Waals surface area contributed by atoms with Gasteiger partial charge in [0.15, 0.2) is 0 Å². The molecular weight excluding hydrogens is 414 g/mol. The van der Waals surface area contributed by atoms with Crippen LogP contribution in [0.3, 0.4) is 0 Å². The SMILES string of the molecule is Cn1c(C(=O)NCCN2CCN(Cc3ccccc3)CC2)cc2c(=O)[nH]c3ccccc3c21. The molecule has 2 aromatic carbocycles. The molecular formula is C26H29N5O2. The maximum Gasteiger partial charge on any atom is 0.267 e. The van der Waals surface area contributed by atoms with Crippen LogP contribution in [0.2, 0.25) is 0 Å². The zero-order valence-corrected chi connectivity index (χ0v) is 18.9. The second-order valence-electron chi connectivity index (χ2n) is 8.71. The molecule has 7 heteroatoms. The van der Waals surface area contributed by atoms with Crippen molar-refractivity contribution < 1.29 is 4.79 Å². The van der Waals surface area contributed by atoms with Gasteiger partial charge in [0.2, 0.25) is 0 Å². The van der Waals surface area contributed by atoms with Crippen LogP contribution in [0.1, 0.15) is 16.1 Å². The number of amides is 1. The van der Waals surface area contributed by atoms with Crippen molar-refractivity contribution >= 4 is 27.7 Å². The lowest BCUT2D eigenvalue weighted by Crippen LogP contribution is -2.48. The summed E-state index contributed by atoms with van der Waals surface area (Å²) in [7, 11) is 1.84. The molecule has 0 saturated carbocycles. The van der Waals surface area contributed by atoms with Crippen LogP contribution in [-0.4, -0.2) is 64.5 Å². The first-order valence-electron chi connectivity index (χ1n) is 11.5. The zero-order valence-electron chi connectivity index (χ0n) is 18.9. The fourth-order valence-corrected chi connectivity index (χ4v) is 4.74. The van der Waals surface area contributed by atoms with Gasteiger partial charge in [0.1, 0.15) is 5.69 Å². The third kappa shape index (κ3) is 4.42. The molecule has 1 aliphatic heterocycles. The van der Waals surface area contributed by atoms with Crippen molar-refractivity contribution in [2.24, 2.45) is 7.05 Å². The summed E-state index contributed by atoms with van der Waals surface area (Å²) < 4.78 is 1.82. The van der Waals surface area contributed by atoms with Crippen molar-refractivity contribution in [1.82, 2.24) is 24.7 Å². The van der Waals surface area contributed by atoms with E-state index in [1.165, 1.54) is 5.56 Å². The van der Waals surface area contributed by atoms with E-state index in [2.05, 4.69) is 44.4 Å². The van der Waals surface area contributed by atoms with E-state index in [9.17, 15) is 9.59 Å². The van der Waals surface area contributed by atoms with Crippen LogP contribution in [-0.2, 0) is 13.6 Å². The van der Waals surface area contributed by atoms with Gasteiger partial charge in [0.05, 0.1) is 16.4 Å². The highest BCUT2D eigenvalue weighted by Gasteiger charge is 2.19. The minimum Gasteiger partial charge on any atom is -0.349 e. The summed E-state index contributed by atoms with van der Waals surface area (Å²) in [6.07, 6.45) is 0. The van der Waals surface area contributed by atoms with Gasteiger partial charge in [-0.2, -0.15) is 0 Å². The van der Waals surface area contributed by atoms with Gasteiger partial charge in [0.25, 0.3) is 11.5 Å². The Balaban J connectivity index is 1.18. The van der Waals surface area contributed by atoms with Gasteiger partial charge in [-0.05, 0) is 17.7 Å². The topological polar surface area (TPSA) is 73.4 Å². The maximum atomic E-state index is 12.9. The molecule has 7 nitrogen and oxygen atoms in total. The lowest BCUT2D eigenvalue weighted by atomic mass is 10.1. The van der Waals surface area contributed by atoms with Crippen molar-refractivity contribution in [3.8, 4) is 0 Å². The van der Waals surface area contributed by atoms with Gasteiger partial charge < -0.3 is 14.9 Å². The third-order valence-corrected chi connectivity index (χ3v) is 6.57. The number of fused-ring (bicyclic) bond motifs is 3. The number of nitrogens with zero attached hydrogens (tertiary/aromatic N) is 3. The molecule has 1 saturated heterocycles.